The molecule has 0 saturated carbocycles. The normalized spacial score (nSPS) is 15.5. The Bertz CT molecular complexity index is 679. The van der Waals surface area contributed by atoms with Gasteiger partial charge in [-0.3, -0.25) is 9.69 Å². The van der Waals surface area contributed by atoms with Gasteiger partial charge in [-0.05, 0) is 18.6 Å². The summed E-state index contributed by atoms with van der Waals surface area (Å²) >= 11 is 1.71. The Kier molecular flexibility index (Phi) is 6.97. The molecule has 3 rings (SSSR count). The van der Waals surface area contributed by atoms with Crippen molar-refractivity contribution in [1.29, 1.82) is 0 Å². The Morgan fingerprint density at radius 1 is 1.21 bits per heavy atom. The number of aryl methyl sites for hydroxylation is 1. The third kappa shape index (κ3) is 5.16. The first kappa shape index (κ1) is 18.6. The highest BCUT2D eigenvalue weighted by Crippen LogP contribution is 2.13. The first-order valence-electron chi connectivity index (χ1n) is 7.86. The summed E-state index contributed by atoms with van der Waals surface area (Å²) in [5.74, 6) is 0.0959. The lowest BCUT2D eigenvalue weighted by Crippen LogP contribution is -2.47. The molecule has 1 aliphatic heterocycles. The number of thiazole rings is 1. The maximum atomic E-state index is 12.3. The minimum absolute atomic E-state index is 0. The number of amides is 1. The van der Waals surface area contributed by atoms with Gasteiger partial charge < -0.3 is 4.90 Å². The molecule has 4 nitrogen and oxygen atoms in total. The molecular formula is C18H22ClN3OS. The van der Waals surface area contributed by atoms with Crippen LogP contribution in [0.25, 0.3) is 6.08 Å². The van der Waals surface area contributed by atoms with E-state index < -0.39 is 0 Å². The lowest BCUT2D eigenvalue weighted by molar-refractivity contribution is -0.127. The summed E-state index contributed by atoms with van der Waals surface area (Å²) < 4.78 is 0. The Labute approximate surface area is 153 Å². The maximum Gasteiger partial charge on any atom is 0.246 e. The molecule has 2 aromatic rings. The van der Waals surface area contributed by atoms with E-state index in [9.17, 15) is 4.79 Å². The fourth-order valence-electron chi connectivity index (χ4n) is 2.63. The van der Waals surface area contributed by atoms with Crippen LogP contribution in [-0.2, 0) is 11.3 Å². The van der Waals surface area contributed by atoms with E-state index in [0.717, 1.165) is 49.0 Å². The van der Waals surface area contributed by atoms with Crippen LogP contribution < -0.4 is 0 Å². The van der Waals surface area contributed by atoms with Gasteiger partial charge in [0.1, 0.15) is 5.01 Å². The summed E-state index contributed by atoms with van der Waals surface area (Å²) in [6, 6.07) is 9.92. The second kappa shape index (κ2) is 8.97. The number of hydrogen-bond acceptors (Lipinski definition) is 4. The number of hydrogen-bond donors (Lipinski definition) is 0. The maximum absolute atomic E-state index is 12.3. The van der Waals surface area contributed by atoms with Crippen LogP contribution in [0.4, 0.5) is 0 Å². The Balaban J connectivity index is 0.00000208. The van der Waals surface area contributed by atoms with E-state index in [2.05, 4.69) is 15.3 Å². The number of benzene rings is 1. The summed E-state index contributed by atoms with van der Waals surface area (Å²) in [5.41, 5.74) is 2.14. The van der Waals surface area contributed by atoms with Gasteiger partial charge >= 0.3 is 0 Å². The molecule has 0 atom stereocenters. The van der Waals surface area contributed by atoms with Crippen molar-refractivity contribution in [2.45, 2.75) is 13.5 Å². The number of carbonyl (C=O) groups excluding carboxylic acids is 1. The smallest absolute Gasteiger partial charge is 0.246 e. The number of aromatic nitrogens is 1. The van der Waals surface area contributed by atoms with Crippen molar-refractivity contribution in [3.63, 3.8) is 0 Å². The molecule has 0 N–H and O–H groups in total. The second-order valence-electron chi connectivity index (χ2n) is 5.73. The van der Waals surface area contributed by atoms with E-state index in [1.165, 1.54) is 0 Å². The van der Waals surface area contributed by atoms with Crippen LogP contribution in [0.15, 0.2) is 41.8 Å². The third-order valence-corrected chi connectivity index (χ3v) is 4.88. The van der Waals surface area contributed by atoms with E-state index in [-0.39, 0.29) is 18.3 Å². The van der Waals surface area contributed by atoms with E-state index in [4.69, 9.17) is 0 Å². The average Bonchev–Trinajstić information content (AvgIpc) is 2.99. The highest BCUT2D eigenvalue weighted by molar-refractivity contribution is 7.09. The molecule has 1 aromatic carbocycles. The van der Waals surface area contributed by atoms with E-state index in [1.54, 1.807) is 17.4 Å². The van der Waals surface area contributed by atoms with E-state index in [1.807, 2.05) is 48.2 Å². The minimum atomic E-state index is 0. The molecule has 0 unspecified atom stereocenters. The van der Waals surface area contributed by atoms with Crippen molar-refractivity contribution in [2.24, 2.45) is 0 Å². The number of carbonyl (C=O) groups is 1. The van der Waals surface area contributed by atoms with Crippen LogP contribution in [0, 0.1) is 6.92 Å². The summed E-state index contributed by atoms with van der Waals surface area (Å²) in [5, 5.41) is 3.25. The monoisotopic (exact) mass is 363 g/mol. The van der Waals surface area contributed by atoms with Crippen LogP contribution in [0.3, 0.4) is 0 Å². The molecule has 1 saturated heterocycles. The molecule has 1 aliphatic rings. The largest absolute Gasteiger partial charge is 0.337 e. The predicted molar refractivity (Wildman–Crippen MR) is 101 cm³/mol. The minimum Gasteiger partial charge on any atom is -0.337 e. The van der Waals surface area contributed by atoms with Gasteiger partial charge in [0.25, 0.3) is 0 Å². The van der Waals surface area contributed by atoms with Crippen LogP contribution >= 0.6 is 23.7 Å². The van der Waals surface area contributed by atoms with Gasteiger partial charge in [-0.1, -0.05) is 30.3 Å². The highest BCUT2D eigenvalue weighted by atomic mass is 35.5. The van der Waals surface area contributed by atoms with Gasteiger partial charge in [0.2, 0.25) is 5.91 Å². The summed E-state index contributed by atoms with van der Waals surface area (Å²) in [4.78, 5) is 21.0. The van der Waals surface area contributed by atoms with Crippen LogP contribution in [0.1, 0.15) is 16.3 Å². The standard InChI is InChI=1S/C18H21N3OS.ClH/c1-15-14-23-17(19-15)13-20-9-11-21(12-10-20)18(22)8-7-16-5-3-2-4-6-16;/h2-8,14H,9-13H2,1H3;1H/b8-7+;. The van der Waals surface area contributed by atoms with E-state index in [0.29, 0.717) is 0 Å². The van der Waals surface area contributed by atoms with Crippen molar-refractivity contribution in [3.8, 4) is 0 Å². The fourth-order valence-corrected chi connectivity index (χ4v) is 3.44. The SMILES string of the molecule is Cc1csc(CN2CCN(C(=O)/C=C/c3ccccc3)CC2)n1.Cl. The lowest BCUT2D eigenvalue weighted by atomic mass is 10.2. The van der Waals surface area contributed by atoms with Gasteiger partial charge in [0.05, 0.1) is 6.54 Å². The Hall–Kier alpha value is -1.69. The summed E-state index contributed by atoms with van der Waals surface area (Å²) in [6.45, 7) is 6.29. The topological polar surface area (TPSA) is 36.4 Å². The molecular weight excluding hydrogens is 342 g/mol. The lowest BCUT2D eigenvalue weighted by Gasteiger charge is -2.33. The zero-order chi connectivity index (χ0) is 16.1. The van der Waals surface area contributed by atoms with Gasteiger partial charge in [-0.2, -0.15) is 0 Å². The van der Waals surface area contributed by atoms with Crippen molar-refractivity contribution in [3.05, 3.63) is 58.1 Å². The van der Waals surface area contributed by atoms with Crippen LogP contribution in [-0.4, -0.2) is 46.9 Å². The third-order valence-electron chi connectivity index (χ3n) is 3.93. The van der Waals surface area contributed by atoms with Crippen LogP contribution in [0.5, 0.6) is 0 Å². The number of halogens is 1. The van der Waals surface area contributed by atoms with Crippen LogP contribution in [0.2, 0.25) is 0 Å². The highest BCUT2D eigenvalue weighted by Gasteiger charge is 2.20. The molecule has 1 fully saturated rings. The second-order valence-corrected chi connectivity index (χ2v) is 6.67. The molecule has 0 spiro atoms. The summed E-state index contributed by atoms with van der Waals surface area (Å²) in [6.07, 6.45) is 3.56. The van der Waals surface area contributed by atoms with Crippen molar-refractivity contribution in [1.82, 2.24) is 14.8 Å². The molecule has 24 heavy (non-hydrogen) atoms. The zero-order valence-corrected chi connectivity index (χ0v) is 15.4. The van der Waals surface area contributed by atoms with Crippen molar-refractivity contribution >= 4 is 35.7 Å². The first-order chi connectivity index (χ1) is 11.2. The molecule has 2 heterocycles. The molecule has 0 radical (unpaired) electrons. The number of rotatable bonds is 4. The quantitative estimate of drug-likeness (QED) is 0.782. The summed E-state index contributed by atoms with van der Waals surface area (Å²) in [7, 11) is 0. The van der Waals surface area contributed by atoms with Gasteiger partial charge in [-0.25, -0.2) is 4.98 Å². The molecule has 0 aliphatic carbocycles. The Morgan fingerprint density at radius 3 is 2.54 bits per heavy atom. The van der Waals surface area contributed by atoms with Crippen molar-refractivity contribution in [2.75, 3.05) is 26.2 Å². The molecule has 0 bridgehead atoms. The van der Waals surface area contributed by atoms with Gasteiger partial charge in [0, 0.05) is 43.3 Å². The number of piperazine rings is 1. The molecule has 1 aromatic heterocycles. The van der Waals surface area contributed by atoms with Gasteiger partial charge in [0.15, 0.2) is 0 Å². The molecule has 128 valence electrons. The van der Waals surface area contributed by atoms with Gasteiger partial charge in [-0.15, -0.1) is 23.7 Å². The molecule has 6 heteroatoms. The zero-order valence-electron chi connectivity index (χ0n) is 13.7. The first-order valence-corrected chi connectivity index (χ1v) is 8.74. The predicted octanol–water partition coefficient (Wildman–Crippen LogP) is 3.23. The fraction of sp³-hybridized carbons (Fsp3) is 0.333. The molecule has 1 amide bonds. The van der Waals surface area contributed by atoms with Crippen molar-refractivity contribution < 1.29 is 4.79 Å². The average molecular weight is 364 g/mol. The number of nitrogens with zero attached hydrogens (tertiary/aromatic N) is 3. The van der Waals surface area contributed by atoms with E-state index >= 15 is 0 Å². The Morgan fingerprint density at radius 2 is 1.92 bits per heavy atom.